The van der Waals surface area contributed by atoms with Gasteiger partial charge in [0.1, 0.15) is 11.6 Å². The van der Waals surface area contributed by atoms with Crippen LogP contribution in [0.1, 0.15) is 30.0 Å². The summed E-state index contributed by atoms with van der Waals surface area (Å²) in [6.45, 7) is -0.0977. The Balaban J connectivity index is 1.86. The van der Waals surface area contributed by atoms with Gasteiger partial charge in [-0.1, -0.05) is 24.3 Å². The zero-order valence-corrected chi connectivity index (χ0v) is 13.7. The maximum absolute atomic E-state index is 13.8. The summed E-state index contributed by atoms with van der Waals surface area (Å²) in [6, 6.07) is 10.0. The lowest BCUT2D eigenvalue weighted by Gasteiger charge is -2.35. The van der Waals surface area contributed by atoms with Crippen LogP contribution >= 0.6 is 0 Å². The van der Waals surface area contributed by atoms with E-state index in [4.69, 9.17) is 0 Å². The lowest BCUT2D eigenvalue weighted by molar-refractivity contribution is 0.154. The predicted octanol–water partition coefficient (Wildman–Crippen LogP) is 3.87. The van der Waals surface area contributed by atoms with Crippen molar-refractivity contribution in [1.82, 2.24) is 4.90 Å². The van der Waals surface area contributed by atoms with Gasteiger partial charge in [0.2, 0.25) is 0 Å². The fourth-order valence-electron chi connectivity index (χ4n) is 3.34. The van der Waals surface area contributed by atoms with Crippen molar-refractivity contribution in [2.45, 2.75) is 25.3 Å². The van der Waals surface area contributed by atoms with Gasteiger partial charge in [-0.05, 0) is 42.5 Å². The minimum absolute atomic E-state index is 0.113. The number of benzene rings is 2. The van der Waals surface area contributed by atoms with Crippen LogP contribution in [0.5, 0.6) is 0 Å². The first-order chi connectivity index (χ1) is 12.1. The Hall–Kier alpha value is -2.47. The van der Waals surface area contributed by atoms with Crippen LogP contribution in [0.25, 0.3) is 0 Å². The summed E-state index contributed by atoms with van der Waals surface area (Å²) in [5, 5.41) is 11.8. The number of urea groups is 1. The molecule has 2 aromatic rings. The maximum Gasteiger partial charge on any atom is 0.322 e. The second-order valence-electron chi connectivity index (χ2n) is 6.08. The van der Waals surface area contributed by atoms with Crippen molar-refractivity contribution in [3.8, 4) is 0 Å². The third-order valence-electron chi connectivity index (χ3n) is 4.49. The van der Waals surface area contributed by atoms with Crippen molar-refractivity contribution < 1.29 is 18.7 Å². The minimum Gasteiger partial charge on any atom is -0.395 e. The number of hydrogen-bond acceptors (Lipinski definition) is 2. The SMILES string of the molecule is O=C(Nc1cc(F)ccc1F)N(CCO)C1CCCc2ccccc21. The number of rotatable bonds is 4. The molecule has 4 nitrogen and oxygen atoms in total. The van der Waals surface area contributed by atoms with Crippen LogP contribution in [0, 0.1) is 11.6 Å². The van der Waals surface area contributed by atoms with Crippen LogP contribution in [0.2, 0.25) is 0 Å². The van der Waals surface area contributed by atoms with Gasteiger partial charge in [0, 0.05) is 12.6 Å². The molecule has 0 bridgehead atoms. The van der Waals surface area contributed by atoms with E-state index in [0.717, 1.165) is 43.0 Å². The first-order valence-electron chi connectivity index (χ1n) is 8.31. The lowest BCUT2D eigenvalue weighted by Crippen LogP contribution is -2.41. The molecule has 3 rings (SSSR count). The van der Waals surface area contributed by atoms with E-state index in [2.05, 4.69) is 5.32 Å². The highest BCUT2D eigenvalue weighted by Crippen LogP contribution is 2.34. The van der Waals surface area contributed by atoms with Crippen LogP contribution in [0.4, 0.5) is 19.3 Å². The number of halogens is 2. The predicted molar refractivity (Wildman–Crippen MR) is 91.3 cm³/mol. The Kier molecular flexibility index (Phi) is 5.28. The molecule has 0 saturated carbocycles. The lowest BCUT2D eigenvalue weighted by atomic mass is 9.87. The molecule has 132 valence electrons. The Morgan fingerprint density at radius 2 is 2.04 bits per heavy atom. The van der Waals surface area contributed by atoms with E-state index < -0.39 is 17.7 Å². The molecule has 2 amide bonds. The number of aliphatic hydroxyl groups excluding tert-OH is 1. The molecule has 0 fully saturated rings. The molecule has 1 aliphatic carbocycles. The van der Waals surface area contributed by atoms with Crippen molar-refractivity contribution in [2.75, 3.05) is 18.5 Å². The number of aryl methyl sites for hydroxylation is 1. The van der Waals surface area contributed by atoms with E-state index >= 15 is 0 Å². The molecule has 0 saturated heterocycles. The third-order valence-corrected chi connectivity index (χ3v) is 4.49. The summed E-state index contributed by atoms with van der Waals surface area (Å²) < 4.78 is 27.1. The van der Waals surface area contributed by atoms with Gasteiger partial charge < -0.3 is 15.3 Å². The fourth-order valence-corrected chi connectivity index (χ4v) is 3.34. The third kappa shape index (κ3) is 3.79. The number of nitrogens with one attached hydrogen (secondary N) is 1. The van der Waals surface area contributed by atoms with Crippen molar-refractivity contribution in [3.63, 3.8) is 0 Å². The number of hydrogen-bond donors (Lipinski definition) is 2. The number of fused-ring (bicyclic) bond motifs is 1. The monoisotopic (exact) mass is 346 g/mol. The number of aliphatic hydroxyl groups is 1. The topological polar surface area (TPSA) is 52.6 Å². The molecule has 1 unspecified atom stereocenters. The van der Waals surface area contributed by atoms with E-state index in [0.29, 0.717) is 0 Å². The van der Waals surface area contributed by atoms with Gasteiger partial charge in [-0.15, -0.1) is 0 Å². The fraction of sp³-hybridized carbons (Fsp3) is 0.316. The van der Waals surface area contributed by atoms with Crippen molar-refractivity contribution >= 4 is 11.7 Å². The molecule has 0 heterocycles. The zero-order valence-electron chi connectivity index (χ0n) is 13.7. The van der Waals surface area contributed by atoms with Crippen LogP contribution in [0.15, 0.2) is 42.5 Å². The first-order valence-corrected chi connectivity index (χ1v) is 8.31. The van der Waals surface area contributed by atoms with Crippen LogP contribution in [0.3, 0.4) is 0 Å². The second kappa shape index (κ2) is 7.61. The summed E-state index contributed by atoms with van der Waals surface area (Å²) in [7, 11) is 0. The summed E-state index contributed by atoms with van der Waals surface area (Å²) in [5.74, 6) is -1.34. The molecule has 2 N–H and O–H groups in total. The zero-order chi connectivity index (χ0) is 17.8. The van der Waals surface area contributed by atoms with Crippen LogP contribution in [-0.2, 0) is 6.42 Å². The summed E-state index contributed by atoms with van der Waals surface area (Å²) in [4.78, 5) is 14.2. The highest BCUT2D eigenvalue weighted by Gasteiger charge is 2.29. The second-order valence-corrected chi connectivity index (χ2v) is 6.08. The Bertz CT molecular complexity index is 767. The molecule has 25 heavy (non-hydrogen) atoms. The first kappa shape index (κ1) is 17.4. The van der Waals surface area contributed by atoms with Crippen molar-refractivity contribution in [1.29, 1.82) is 0 Å². The smallest absolute Gasteiger partial charge is 0.322 e. The van der Waals surface area contributed by atoms with E-state index in [9.17, 15) is 18.7 Å². The van der Waals surface area contributed by atoms with E-state index in [1.165, 1.54) is 10.5 Å². The minimum atomic E-state index is -0.706. The van der Waals surface area contributed by atoms with Gasteiger partial charge >= 0.3 is 6.03 Å². The standard InChI is InChI=1S/C19H20F2N2O2/c20-14-8-9-16(21)17(12-14)22-19(25)23(10-11-24)18-7-3-5-13-4-1-2-6-15(13)18/h1-2,4,6,8-9,12,18,24H,3,5,7,10-11H2,(H,22,25). The van der Waals surface area contributed by atoms with E-state index in [-0.39, 0.29) is 24.9 Å². The average molecular weight is 346 g/mol. The summed E-state index contributed by atoms with van der Waals surface area (Å²) in [6.07, 6.45) is 2.63. The number of anilines is 1. The largest absolute Gasteiger partial charge is 0.395 e. The number of amides is 2. The molecule has 0 spiro atoms. The molecular formula is C19H20F2N2O2. The van der Waals surface area contributed by atoms with E-state index in [1.807, 2.05) is 24.3 Å². The molecule has 1 aliphatic rings. The Labute approximate surface area is 145 Å². The Morgan fingerprint density at radius 1 is 1.24 bits per heavy atom. The average Bonchev–Trinajstić information content (AvgIpc) is 2.62. The maximum atomic E-state index is 13.8. The molecule has 0 radical (unpaired) electrons. The molecule has 1 atom stereocenters. The molecule has 6 heteroatoms. The highest BCUT2D eigenvalue weighted by atomic mass is 19.1. The molecule has 0 aromatic heterocycles. The van der Waals surface area contributed by atoms with Gasteiger partial charge in [-0.2, -0.15) is 0 Å². The van der Waals surface area contributed by atoms with Crippen molar-refractivity contribution in [2.24, 2.45) is 0 Å². The van der Waals surface area contributed by atoms with Crippen LogP contribution in [-0.4, -0.2) is 29.2 Å². The summed E-state index contributed by atoms with van der Waals surface area (Å²) in [5.41, 5.74) is 2.00. The quantitative estimate of drug-likeness (QED) is 0.883. The molecule has 0 aliphatic heterocycles. The van der Waals surface area contributed by atoms with E-state index in [1.54, 1.807) is 0 Å². The van der Waals surface area contributed by atoms with Crippen LogP contribution < -0.4 is 5.32 Å². The Morgan fingerprint density at radius 3 is 2.84 bits per heavy atom. The van der Waals surface area contributed by atoms with Crippen molar-refractivity contribution in [3.05, 3.63) is 65.2 Å². The van der Waals surface area contributed by atoms with Gasteiger partial charge in [0.15, 0.2) is 0 Å². The number of carbonyl (C=O) groups is 1. The highest BCUT2D eigenvalue weighted by molar-refractivity contribution is 5.89. The number of carbonyl (C=O) groups excluding carboxylic acids is 1. The van der Waals surface area contributed by atoms with Gasteiger partial charge in [0.05, 0.1) is 18.3 Å². The number of nitrogens with zero attached hydrogens (tertiary/aromatic N) is 1. The normalized spacial score (nSPS) is 16.2. The van der Waals surface area contributed by atoms with Gasteiger partial charge in [-0.25, -0.2) is 13.6 Å². The van der Waals surface area contributed by atoms with Gasteiger partial charge in [0.25, 0.3) is 0 Å². The molecular weight excluding hydrogens is 326 g/mol. The van der Waals surface area contributed by atoms with Gasteiger partial charge in [-0.3, -0.25) is 0 Å². The molecule has 2 aromatic carbocycles. The summed E-state index contributed by atoms with van der Waals surface area (Å²) >= 11 is 0.